The Labute approximate surface area is 208 Å². The number of rotatable bonds is 5. The molecule has 2 nitrogen and oxygen atoms in total. The Hall–Kier alpha value is -0.860. The van der Waals surface area contributed by atoms with Crippen molar-refractivity contribution in [3.05, 3.63) is 34.4 Å². The minimum atomic E-state index is 0. The van der Waals surface area contributed by atoms with Gasteiger partial charge < -0.3 is 10.6 Å². The van der Waals surface area contributed by atoms with E-state index in [1.54, 1.807) is 16.7 Å². The van der Waals surface area contributed by atoms with Gasteiger partial charge in [-0.2, -0.15) is 0 Å². The number of aryl methyl sites for hydroxylation is 2. The number of benzene rings is 1. The minimum absolute atomic E-state index is 0. The summed E-state index contributed by atoms with van der Waals surface area (Å²) >= 11 is 0. The Balaban J connectivity index is 0. The van der Waals surface area contributed by atoms with Gasteiger partial charge in [0.25, 0.3) is 0 Å². The minimum Gasteiger partial charge on any atom is -0.412 e. The van der Waals surface area contributed by atoms with Gasteiger partial charge in [-0.25, -0.2) is 0 Å². The summed E-state index contributed by atoms with van der Waals surface area (Å²) < 4.78 is 0. The second-order valence-electron chi connectivity index (χ2n) is 11.4. The predicted molar refractivity (Wildman–Crippen MR) is 150 cm³/mol. The molecule has 2 heteroatoms. The number of aliphatic hydroxyl groups is 1. The van der Waals surface area contributed by atoms with E-state index in [0.717, 1.165) is 5.92 Å². The van der Waals surface area contributed by atoms with E-state index in [0.29, 0.717) is 23.4 Å². The van der Waals surface area contributed by atoms with Crippen LogP contribution in [-0.4, -0.2) is 17.2 Å². The molecular weight excluding hydrogens is 404 g/mol. The van der Waals surface area contributed by atoms with E-state index < -0.39 is 0 Å². The summed E-state index contributed by atoms with van der Waals surface area (Å²) in [6.07, 6.45) is 11.6. The fourth-order valence-corrected chi connectivity index (χ4v) is 4.82. The number of unbranched alkanes of at least 4 members (excludes halogenated alkanes) is 2. The summed E-state index contributed by atoms with van der Waals surface area (Å²) in [5.41, 5.74) is 7.00. The van der Waals surface area contributed by atoms with Gasteiger partial charge in [0, 0.05) is 6.61 Å². The van der Waals surface area contributed by atoms with E-state index in [-0.39, 0.29) is 5.48 Å². The summed E-state index contributed by atoms with van der Waals surface area (Å²) in [6.45, 7) is 25.1. The molecule has 2 aliphatic carbocycles. The fraction of sp³-hybridized carbons (Fsp3) is 0.806. The lowest BCUT2D eigenvalue weighted by atomic mass is 9.62. The molecule has 3 N–H and O–H groups in total. The van der Waals surface area contributed by atoms with Gasteiger partial charge in [-0.05, 0) is 90.4 Å². The first-order valence-electron chi connectivity index (χ1n) is 13.8. The van der Waals surface area contributed by atoms with Gasteiger partial charge in [0.2, 0.25) is 0 Å². The molecule has 1 aromatic rings. The molecule has 3 rings (SSSR count). The zero-order valence-electron chi connectivity index (χ0n) is 24.3. The second-order valence-corrected chi connectivity index (χ2v) is 11.4. The smallest absolute Gasteiger partial charge is 0.0459 e. The normalized spacial score (nSPS) is 21.2. The van der Waals surface area contributed by atoms with Gasteiger partial charge in [-0.3, -0.25) is 0 Å². The molecule has 0 aliphatic heterocycles. The lowest BCUT2D eigenvalue weighted by molar-refractivity contribution is 0.117. The molecule has 2 aliphatic rings. The molecule has 1 fully saturated rings. The molecule has 33 heavy (non-hydrogen) atoms. The van der Waals surface area contributed by atoms with Crippen LogP contribution in [0.25, 0.3) is 0 Å². The third-order valence-corrected chi connectivity index (χ3v) is 7.09. The van der Waals surface area contributed by atoms with E-state index in [4.69, 9.17) is 5.11 Å². The van der Waals surface area contributed by atoms with Gasteiger partial charge in [-0.1, -0.05) is 101 Å². The molecule has 0 spiro atoms. The Morgan fingerprint density at radius 1 is 0.879 bits per heavy atom. The first-order chi connectivity index (χ1) is 15.0. The van der Waals surface area contributed by atoms with E-state index in [9.17, 15) is 0 Å². The maximum atomic E-state index is 8.50. The average molecular weight is 465 g/mol. The standard InChI is InChI=1S/C20H32.C6H12O.C3H8.C2H6.H2O/c1-7-8-9-10-16-14-18-17(13-15(16)2)19(3,4)11-12-20(18,5)6;1-5-2-6(3-5)4-7;1-3-2;1-2;/h13-14H,7-12H2,1-6H3;5-7H,2-4H2,1H3;3H2,1-2H3;1-2H3;1H2. The van der Waals surface area contributed by atoms with Crippen molar-refractivity contribution in [3.63, 3.8) is 0 Å². The molecule has 196 valence electrons. The number of hydrogen-bond acceptors (Lipinski definition) is 1. The van der Waals surface area contributed by atoms with E-state index >= 15 is 0 Å². The molecule has 0 saturated heterocycles. The molecule has 0 aromatic heterocycles. The summed E-state index contributed by atoms with van der Waals surface area (Å²) in [5.74, 6) is 1.53. The van der Waals surface area contributed by atoms with E-state index in [2.05, 4.69) is 74.4 Å². The summed E-state index contributed by atoms with van der Waals surface area (Å²) in [7, 11) is 0. The van der Waals surface area contributed by atoms with Crippen LogP contribution in [0.4, 0.5) is 0 Å². The SMILES string of the molecule is CC.CC1CC(CO)C1.CCC.CCCCCc1cc2c(cc1C)C(C)(C)CCC2(C)C.O. The van der Waals surface area contributed by atoms with Crippen molar-refractivity contribution in [3.8, 4) is 0 Å². The Morgan fingerprint density at radius 3 is 1.70 bits per heavy atom. The van der Waals surface area contributed by atoms with Gasteiger partial charge in [-0.15, -0.1) is 0 Å². The summed E-state index contributed by atoms with van der Waals surface area (Å²) in [4.78, 5) is 0. The zero-order valence-corrected chi connectivity index (χ0v) is 24.3. The summed E-state index contributed by atoms with van der Waals surface area (Å²) in [6, 6.07) is 5.04. The van der Waals surface area contributed by atoms with Crippen LogP contribution in [0.2, 0.25) is 0 Å². The Bertz CT molecular complexity index is 624. The lowest BCUT2D eigenvalue weighted by Crippen LogP contribution is -2.34. The van der Waals surface area contributed by atoms with Crippen LogP contribution in [-0.2, 0) is 17.3 Å². The van der Waals surface area contributed by atoms with Crippen molar-refractivity contribution >= 4 is 0 Å². The number of hydrogen-bond donors (Lipinski definition) is 1. The number of fused-ring (bicyclic) bond motifs is 1. The van der Waals surface area contributed by atoms with Crippen molar-refractivity contribution in [2.75, 3.05) is 6.61 Å². The van der Waals surface area contributed by atoms with Crippen molar-refractivity contribution in [1.82, 2.24) is 0 Å². The summed E-state index contributed by atoms with van der Waals surface area (Å²) in [5, 5.41) is 8.50. The first kappa shape index (κ1) is 34.3. The third kappa shape index (κ3) is 11.0. The van der Waals surface area contributed by atoms with Gasteiger partial charge in [0.05, 0.1) is 0 Å². The van der Waals surface area contributed by atoms with Crippen LogP contribution in [0.5, 0.6) is 0 Å². The highest BCUT2D eigenvalue weighted by atomic mass is 16.3. The topological polar surface area (TPSA) is 51.7 Å². The monoisotopic (exact) mass is 464 g/mol. The highest BCUT2D eigenvalue weighted by Gasteiger charge is 2.37. The molecule has 0 radical (unpaired) electrons. The van der Waals surface area contributed by atoms with Crippen LogP contribution < -0.4 is 0 Å². The van der Waals surface area contributed by atoms with Gasteiger partial charge in [0.1, 0.15) is 0 Å². The maximum Gasteiger partial charge on any atom is 0.0459 e. The third-order valence-electron chi connectivity index (χ3n) is 7.09. The molecule has 0 amide bonds. The van der Waals surface area contributed by atoms with Crippen LogP contribution in [0, 0.1) is 18.8 Å². The molecule has 1 saturated carbocycles. The quantitative estimate of drug-likeness (QED) is 0.435. The lowest BCUT2D eigenvalue weighted by Gasteiger charge is -2.42. The molecule has 0 unspecified atom stereocenters. The van der Waals surface area contributed by atoms with Gasteiger partial charge in [0.15, 0.2) is 0 Å². The largest absolute Gasteiger partial charge is 0.412 e. The van der Waals surface area contributed by atoms with Crippen LogP contribution in [0.1, 0.15) is 143 Å². The van der Waals surface area contributed by atoms with Crippen LogP contribution >= 0.6 is 0 Å². The highest BCUT2D eigenvalue weighted by molar-refractivity contribution is 5.46. The molecule has 1 aromatic carbocycles. The van der Waals surface area contributed by atoms with Crippen LogP contribution in [0.3, 0.4) is 0 Å². The average Bonchev–Trinajstić information content (AvgIpc) is 2.73. The predicted octanol–water partition coefficient (Wildman–Crippen LogP) is 8.72. The zero-order chi connectivity index (χ0) is 24.9. The van der Waals surface area contributed by atoms with E-state index in [1.807, 2.05) is 13.8 Å². The van der Waals surface area contributed by atoms with Gasteiger partial charge >= 0.3 is 0 Å². The second kappa shape index (κ2) is 16.7. The number of aliphatic hydroxyl groups excluding tert-OH is 1. The molecule has 0 heterocycles. The molecule has 0 atom stereocenters. The highest BCUT2D eigenvalue weighted by Crippen LogP contribution is 2.46. The maximum absolute atomic E-state index is 8.50. The van der Waals surface area contributed by atoms with Crippen molar-refractivity contribution in [2.24, 2.45) is 11.8 Å². The first-order valence-corrected chi connectivity index (χ1v) is 13.8. The van der Waals surface area contributed by atoms with Crippen molar-refractivity contribution in [2.45, 2.75) is 145 Å². The Morgan fingerprint density at radius 2 is 1.33 bits per heavy atom. The van der Waals surface area contributed by atoms with Crippen LogP contribution in [0.15, 0.2) is 12.1 Å². The fourth-order valence-electron chi connectivity index (χ4n) is 4.82. The van der Waals surface area contributed by atoms with Crippen molar-refractivity contribution in [1.29, 1.82) is 0 Å². The molecule has 0 bridgehead atoms. The van der Waals surface area contributed by atoms with E-state index in [1.165, 1.54) is 63.4 Å². The van der Waals surface area contributed by atoms with Crippen molar-refractivity contribution < 1.29 is 10.6 Å². The Kier molecular flexibility index (Phi) is 17.4. The molecular formula is C31H60O2.